The molecule has 0 fully saturated rings. The van der Waals surface area contributed by atoms with E-state index in [0.29, 0.717) is 5.39 Å². The fourth-order valence-corrected chi connectivity index (χ4v) is 1.12. The van der Waals surface area contributed by atoms with Crippen LogP contribution in [0.1, 0.15) is 0 Å². The van der Waals surface area contributed by atoms with Crippen LogP contribution in [0.5, 0.6) is 5.75 Å². The van der Waals surface area contributed by atoms with E-state index in [0.717, 1.165) is 0 Å². The molecule has 14 heavy (non-hydrogen) atoms. The normalized spacial score (nSPS) is 11.9. The maximum absolute atomic E-state index is 11.9. The first-order valence-electron chi connectivity index (χ1n) is 3.70. The van der Waals surface area contributed by atoms with E-state index in [-0.39, 0.29) is 11.1 Å². The summed E-state index contributed by atoms with van der Waals surface area (Å²) in [6.45, 7) is 0. The molecule has 0 aliphatic rings. The molecule has 1 heterocycles. The van der Waals surface area contributed by atoms with Crippen LogP contribution >= 0.6 is 0 Å². The Bertz CT molecular complexity index is 444. The molecule has 0 atom stereocenters. The Morgan fingerprint density at radius 3 is 2.79 bits per heavy atom. The van der Waals surface area contributed by atoms with Gasteiger partial charge in [0, 0.05) is 5.39 Å². The van der Waals surface area contributed by atoms with E-state index in [1.54, 1.807) is 6.07 Å². The molecule has 1 aromatic heterocycles. The van der Waals surface area contributed by atoms with Crippen LogP contribution in [0.25, 0.3) is 10.8 Å². The molecule has 5 heteroatoms. The summed E-state index contributed by atoms with van der Waals surface area (Å²) in [5, 5.41) is 0.705. The van der Waals surface area contributed by atoms with E-state index in [2.05, 4.69) is 15.4 Å². The van der Waals surface area contributed by atoms with Crippen molar-refractivity contribution in [3.63, 3.8) is 0 Å². The zero-order chi connectivity index (χ0) is 10.2. The lowest BCUT2D eigenvalue weighted by atomic mass is 10.2. The third-order valence-corrected chi connectivity index (χ3v) is 1.63. The van der Waals surface area contributed by atoms with Gasteiger partial charge >= 0.3 is 6.36 Å². The SMILES string of the molecule is FC(F)(F)Oc1cccc2co[c]c12. The summed E-state index contributed by atoms with van der Waals surface area (Å²) in [5.41, 5.74) is 0. The zero-order valence-corrected chi connectivity index (χ0v) is 6.76. The number of hydrogen-bond donors (Lipinski definition) is 0. The summed E-state index contributed by atoms with van der Waals surface area (Å²) < 4.78 is 44.2. The Kier molecular flexibility index (Phi) is 1.87. The molecular formula is C9H4F3O2. The van der Waals surface area contributed by atoms with Gasteiger partial charge in [0.25, 0.3) is 0 Å². The molecule has 73 valence electrons. The maximum Gasteiger partial charge on any atom is 0.573 e. The molecule has 0 saturated heterocycles. The summed E-state index contributed by atoms with van der Waals surface area (Å²) in [5.74, 6) is -0.302. The molecule has 0 saturated carbocycles. The van der Waals surface area contributed by atoms with E-state index in [4.69, 9.17) is 0 Å². The molecule has 1 radical (unpaired) electrons. The Hall–Kier alpha value is -1.65. The molecule has 2 aromatic rings. The minimum Gasteiger partial charge on any atom is -0.460 e. The summed E-state index contributed by atoms with van der Waals surface area (Å²) >= 11 is 0. The van der Waals surface area contributed by atoms with Gasteiger partial charge in [-0.2, -0.15) is 0 Å². The fraction of sp³-hybridized carbons (Fsp3) is 0.111. The van der Waals surface area contributed by atoms with Crippen LogP contribution in [0.3, 0.4) is 0 Å². The number of benzene rings is 1. The number of ether oxygens (including phenoxy) is 1. The van der Waals surface area contributed by atoms with Gasteiger partial charge in [0.2, 0.25) is 0 Å². The molecule has 0 aliphatic carbocycles. The van der Waals surface area contributed by atoms with Gasteiger partial charge in [0.1, 0.15) is 5.75 Å². The second-order valence-electron chi connectivity index (χ2n) is 2.61. The number of fused-ring (bicyclic) bond motifs is 1. The van der Waals surface area contributed by atoms with Crippen molar-refractivity contribution in [3.05, 3.63) is 30.7 Å². The lowest BCUT2D eigenvalue weighted by molar-refractivity contribution is -0.274. The van der Waals surface area contributed by atoms with E-state index >= 15 is 0 Å². The molecule has 0 spiro atoms. The van der Waals surface area contributed by atoms with Gasteiger partial charge in [-0.05, 0) is 6.07 Å². The van der Waals surface area contributed by atoms with Crippen LogP contribution in [0.15, 0.2) is 28.9 Å². The molecule has 0 unspecified atom stereocenters. The summed E-state index contributed by atoms with van der Waals surface area (Å²) in [4.78, 5) is 0. The second-order valence-corrected chi connectivity index (χ2v) is 2.61. The highest BCUT2D eigenvalue weighted by molar-refractivity contribution is 5.86. The predicted octanol–water partition coefficient (Wildman–Crippen LogP) is 3.13. The van der Waals surface area contributed by atoms with Crippen LogP contribution in [0.4, 0.5) is 13.2 Å². The third-order valence-electron chi connectivity index (χ3n) is 1.63. The van der Waals surface area contributed by atoms with Crippen LogP contribution in [-0.2, 0) is 0 Å². The van der Waals surface area contributed by atoms with Gasteiger partial charge in [0.15, 0.2) is 6.26 Å². The average Bonchev–Trinajstić information content (AvgIpc) is 2.49. The Morgan fingerprint density at radius 2 is 2.07 bits per heavy atom. The molecular weight excluding hydrogens is 197 g/mol. The monoisotopic (exact) mass is 201 g/mol. The number of furan rings is 1. The topological polar surface area (TPSA) is 22.4 Å². The summed E-state index contributed by atoms with van der Waals surface area (Å²) in [7, 11) is 0. The number of halogens is 3. The Morgan fingerprint density at radius 1 is 1.29 bits per heavy atom. The third kappa shape index (κ3) is 1.66. The highest BCUT2D eigenvalue weighted by Gasteiger charge is 2.31. The van der Waals surface area contributed by atoms with Crippen molar-refractivity contribution >= 4 is 10.8 Å². The van der Waals surface area contributed by atoms with Crippen molar-refractivity contribution in [3.8, 4) is 5.75 Å². The first-order chi connectivity index (χ1) is 6.56. The number of alkyl halides is 3. The molecule has 0 amide bonds. The summed E-state index contributed by atoms with van der Waals surface area (Å²) in [6.07, 6.45) is -1.08. The molecule has 0 bridgehead atoms. The van der Waals surface area contributed by atoms with Gasteiger partial charge < -0.3 is 9.15 Å². The van der Waals surface area contributed by atoms with E-state index in [1.807, 2.05) is 0 Å². The van der Waals surface area contributed by atoms with Crippen LogP contribution in [0, 0.1) is 6.26 Å². The maximum atomic E-state index is 11.9. The smallest absolute Gasteiger partial charge is 0.460 e. The molecule has 2 nitrogen and oxygen atoms in total. The highest BCUT2D eigenvalue weighted by Crippen LogP contribution is 2.30. The largest absolute Gasteiger partial charge is 0.573 e. The zero-order valence-electron chi connectivity index (χ0n) is 6.76. The van der Waals surface area contributed by atoms with Crippen molar-refractivity contribution in [2.75, 3.05) is 0 Å². The average molecular weight is 201 g/mol. The van der Waals surface area contributed by atoms with Crippen LogP contribution in [0.2, 0.25) is 0 Å². The van der Waals surface area contributed by atoms with Gasteiger partial charge in [-0.15, -0.1) is 13.2 Å². The minimum atomic E-state index is -4.70. The molecule has 0 N–H and O–H groups in total. The summed E-state index contributed by atoms with van der Waals surface area (Å²) in [6, 6.07) is 4.27. The van der Waals surface area contributed by atoms with Crippen molar-refractivity contribution < 1.29 is 22.3 Å². The van der Waals surface area contributed by atoms with Gasteiger partial charge in [-0.3, -0.25) is 0 Å². The quantitative estimate of drug-likeness (QED) is 0.707. The van der Waals surface area contributed by atoms with Crippen LogP contribution < -0.4 is 4.74 Å². The lowest BCUT2D eigenvalue weighted by Crippen LogP contribution is -2.17. The number of hydrogen-bond acceptors (Lipinski definition) is 2. The van der Waals surface area contributed by atoms with Crippen LogP contribution in [-0.4, -0.2) is 6.36 Å². The Balaban J connectivity index is 2.46. The number of rotatable bonds is 1. The van der Waals surface area contributed by atoms with Gasteiger partial charge in [-0.1, -0.05) is 12.1 Å². The predicted molar refractivity (Wildman–Crippen MR) is 41.7 cm³/mol. The molecule has 0 aliphatic heterocycles. The van der Waals surface area contributed by atoms with Crippen molar-refractivity contribution in [1.29, 1.82) is 0 Å². The molecule has 1 aromatic carbocycles. The first-order valence-corrected chi connectivity index (χ1v) is 3.70. The Labute approximate surface area is 76.9 Å². The van der Waals surface area contributed by atoms with Gasteiger partial charge in [-0.25, -0.2) is 0 Å². The van der Waals surface area contributed by atoms with E-state index < -0.39 is 6.36 Å². The minimum absolute atomic E-state index is 0.185. The van der Waals surface area contributed by atoms with Gasteiger partial charge in [0.05, 0.1) is 11.6 Å². The first kappa shape index (κ1) is 8.93. The van der Waals surface area contributed by atoms with Crippen molar-refractivity contribution in [1.82, 2.24) is 0 Å². The fourth-order valence-electron chi connectivity index (χ4n) is 1.12. The highest BCUT2D eigenvalue weighted by atomic mass is 19.4. The standard InChI is InChI=1S/C9H4F3O2/c10-9(11,12)14-8-3-1-2-6-4-13-5-7(6)8/h1-4H. The van der Waals surface area contributed by atoms with E-state index in [1.165, 1.54) is 18.4 Å². The second kappa shape index (κ2) is 2.94. The van der Waals surface area contributed by atoms with E-state index in [9.17, 15) is 13.2 Å². The lowest BCUT2D eigenvalue weighted by Gasteiger charge is -2.08. The molecule has 2 rings (SSSR count). The van der Waals surface area contributed by atoms with Crippen molar-refractivity contribution in [2.24, 2.45) is 0 Å². The van der Waals surface area contributed by atoms with Crippen molar-refractivity contribution in [2.45, 2.75) is 6.36 Å².